The zero-order valence-electron chi connectivity index (χ0n) is 7.89. The van der Waals surface area contributed by atoms with Gasteiger partial charge in [0, 0.05) is 7.05 Å². The van der Waals surface area contributed by atoms with Crippen molar-refractivity contribution in [3.63, 3.8) is 0 Å². The van der Waals surface area contributed by atoms with Crippen molar-refractivity contribution in [2.75, 3.05) is 0 Å². The Morgan fingerprint density at radius 2 is 2.36 bits per heavy atom. The minimum Gasteiger partial charge on any atom is -0.469 e. The molecule has 0 amide bonds. The van der Waals surface area contributed by atoms with Gasteiger partial charge in [0.05, 0.1) is 18.0 Å². The Balaban J connectivity index is 2.44. The van der Waals surface area contributed by atoms with Crippen molar-refractivity contribution in [1.82, 2.24) is 15.0 Å². The molecule has 0 radical (unpaired) electrons. The average molecular weight is 191 g/mol. The zero-order chi connectivity index (χ0) is 10.1. The molecule has 2 aromatic heterocycles. The molecule has 5 heteroatoms. The molecule has 0 fully saturated rings. The number of rotatable bonds is 2. The summed E-state index contributed by atoms with van der Waals surface area (Å²) in [6.45, 7) is 1.75. The first-order chi connectivity index (χ1) is 6.70. The van der Waals surface area contributed by atoms with E-state index in [1.807, 2.05) is 0 Å². The standard InChI is InChI=1S/C9H9N3O2/c1-6-7(3-4-14-6)9(13)8-5-10-11-12(8)2/h3-5H,1-2H3. The number of aromatic nitrogens is 3. The molecule has 5 nitrogen and oxygen atoms in total. The molecule has 0 aliphatic rings. The topological polar surface area (TPSA) is 60.9 Å². The fourth-order valence-corrected chi connectivity index (χ4v) is 1.25. The van der Waals surface area contributed by atoms with Gasteiger partial charge in [0.1, 0.15) is 11.5 Å². The van der Waals surface area contributed by atoms with Crippen LogP contribution in [0.15, 0.2) is 22.9 Å². The fraction of sp³-hybridized carbons (Fsp3) is 0.222. The van der Waals surface area contributed by atoms with Crippen LogP contribution in [0, 0.1) is 6.92 Å². The summed E-state index contributed by atoms with van der Waals surface area (Å²) in [5, 5.41) is 7.34. The van der Waals surface area contributed by atoms with Gasteiger partial charge in [-0.25, -0.2) is 4.68 Å². The number of aryl methyl sites for hydroxylation is 2. The highest BCUT2D eigenvalue weighted by atomic mass is 16.3. The normalized spacial score (nSPS) is 10.4. The third kappa shape index (κ3) is 1.22. The van der Waals surface area contributed by atoms with Gasteiger partial charge in [-0.15, -0.1) is 5.10 Å². The van der Waals surface area contributed by atoms with Gasteiger partial charge in [-0.2, -0.15) is 0 Å². The van der Waals surface area contributed by atoms with E-state index < -0.39 is 0 Å². The molecule has 0 saturated carbocycles. The summed E-state index contributed by atoms with van der Waals surface area (Å²) >= 11 is 0. The van der Waals surface area contributed by atoms with E-state index in [0.717, 1.165) is 0 Å². The summed E-state index contributed by atoms with van der Waals surface area (Å²) in [7, 11) is 1.68. The second-order valence-electron chi connectivity index (χ2n) is 2.96. The van der Waals surface area contributed by atoms with E-state index >= 15 is 0 Å². The highest BCUT2D eigenvalue weighted by Gasteiger charge is 2.17. The molecule has 0 unspecified atom stereocenters. The summed E-state index contributed by atoms with van der Waals surface area (Å²) in [4.78, 5) is 11.8. The average Bonchev–Trinajstić information content (AvgIpc) is 2.73. The van der Waals surface area contributed by atoms with Gasteiger partial charge in [-0.3, -0.25) is 4.79 Å². The number of nitrogens with zero attached hydrogens (tertiary/aromatic N) is 3. The molecule has 14 heavy (non-hydrogen) atoms. The van der Waals surface area contributed by atoms with E-state index in [2.05, 4.69) is 10.3 Å². The van der Waals surface area contributed by atoms with Crippen LogP contribution in [0.1, 0.15) is 21.8 Å². The lowest BCUT2D eigenvalue weighted by molar-refractivity contribution is 0.102. The van der Waals surface area contributed by atoms with Gasteiger partial charge >= 0.3 is 0 Å². The van der Waals surface area contributed by atoms with Crippen LogP contribution < -0.4 is 0 Å². The van der Waals surface area contributed by atoms with Crippen molar-refractivity contribution in [1.29, 1.82) is 0 Å². The largest absolute Gasteiger partial charge is 0.469 e. The van der Waals surface area contributed by atoms with E-state index in [-0.39, 0.29) is 5.78 Å². The van der Waals surface area contributed by atoms with Gasteiger partial charge in [-0.1, -0.05) is 5.21 Å². The molecule has 0 atom stereocenters. The molecule has 2 aromatic rings. The summed E-state index contributed by atoms with van der Waals surface area (Å²) in [5.41, 5.74) is 1.00. The molecule has 2 heterocycles. The van der Waals surface area contributed by atoms with Crippen molar-refractivity contribution in [3.8, 4) is 0 Å². The van der Waals surface area contributed by atoms with Crippen LogP contribution in [0.2, 0.25) is 0 Å². The van der Waals surface area contributed by atoms with Crippen molar-refractivity contribution in [3.05, 3.63) is 35.5 Å². The molecular weight excluding hydrogens is 182 g/mol. The lowest BCUT2D eigenvalue weighted by Gasteiger charge is -1.97. The SMILES string of the molecule is Cc1occc1C(=O)c1cnnn1C. The van der Waals surface area contributed by atoms with Crippen molar-refractivity contribution in [2.45, 2.75) is 6.92 Å². The lowest BCUT2D eigenvalue weighted by atomic mass is 10.1. The number of ketones is 1. The molecule has 0 spiro atoms. The van der Waals surface area contributed by atoms with Gasteiger partial charge < -0.3 is 4.42 Å². The Labute approximate surface area is 80.3 Å². The van der Waals surface area contributed by atoms with Crippen LogP contribution in [0.5, 0.6) is 0 Å². The van der Waals surface area contributed by atoms with Crippen LogP contribution in [-0.4, -0.2) is 20.8 Å². The summed E-state index contributed by atoms with van der Waals surface area (Å²) in [5.74, 6) is 0.486. The van der Waals surface area contributed by atoms with E-state index in [1.54, 1.807) is 20.0 Å². The monoisotopic (exact) mass is 191 g/mol. The Kier molecular flexibility index (Phi) is 1.92. The summed E-state index contributed by atoms with van der Waals surface area (Å²) in [6, 6.07) is 1.64. The predicted octanol–water partition coefficient (Wildman–Crippen LogP) is 0.948. The smallest absolute Gasteiger partial charge is 0.216 e. The van der Waals surface area contributed by atoms with Crippen molar-refractivity contribution >= 4 is 5.78 Å². The first-order valence-electron chi connectivity index (χ1n) is 4.13. The molecule has 0 saturated heterocycles. The van der Waals surface area contributed by atoms with Crippen LogP contribution in [-0.2, 0) is 7.05 Å². The molecule has 0 aromatic carbocycles. The number of carbonyl (C=O) groups is 1. The molecule has 72 valence electrons. The maximum absolute atomic E-state index is 11.8. The Morgan fingerprint density at radius 1 is 1.57 bits per heavy atom. The molecular formula is C9H9N3O2. The van der Waals surface area contributed by atoms with Crippen molar-refractivity contribution in [2.24, 2.45) is 7.05 Å². The van der Waals surface area contributed by atoms with Crippen molar-refractivity contribution < 1.29 is 9.21 Å². The van der Waals surface area contributed by atoms with Crippen LogP contribution in [0.3, 0.4) is 0 Å². The predicted molar refractivity (Wildman–Crippen MR) is 47.9 cm³/mol. The Hall–Kier alpha value is -1.91. The maximum atomic E-state index is 11.8. The highest BCUT2D eigenvalue weighted by molar-refractivity contribution is 6.08. The number of furan rings is 1. The molecule has 2 rings (SSSR count). The second kappa shape index (κ2) is 3.10. The van der Waals surface area contributed by atoms with E-state index in [1.165, 1.54) is 17.1 Å². The maximum Gasteiger partial charge on any atom is 0.216 e. The summed E-state index contributed by atoms with van der Waals surface area (Å²) in [6.07, 6.45) is 2.93. The minimum atomic E-state index is -0.122. The van der Waals surface area contributed by atoms with E-state index in [9.17, 15) is 4.79 Å². The Bertz CT molecular complexity index is 428. The first-order valence-corrected chi connectivity index (χ1v) is 4.13. The third-order valence-corrected chi connectivity index (χ3v) is 2.05. The van der Waals surface area contributed by atoms with Gasteiger partial charge in [0.2, 0.25) is 5.78 Å². The quantitative estimate of drug-likeness (QED) is 0.663. The van der Waals surface area contributed by atoms with Gasteiger partial charge in [0.15, 0.2) is 0 Å². The molecule has 0 bridgehead atoms. The Morgan fingerprint density at radius 3 is 2.86 bits per heavy atom. The van der Waals surface area contributed by atoms with E-state index in [0.29, 0.717) is 17.0 Å². The van der Waals surface area contributed by atoms with Gasteiger partial charge in [-0.05, 0) is 13.0 Å². The fourth-order valence-electron chi connectivity index (χ4n) is 1.25. The summed E-state index contributed by atoms with van der Waals surface area (Å²) < 4.78 is 6.49. The van der Waals surface area contributed by atoms with E-state index in [4.69, 9.17) is 4.42 Å². The number of hydrogen-bond acceptors (Lipinski definition) is 4. The van der Waals surface area contributed by atoms with Gasteiger partial charge in [0.25, 0.3) is 0 Å². The lowest BCUT2D eigenvalue weighted by Crippen LogP contribution is -2.08. The van der Waals surface area contributed by atoms with Crippen LogP contribution in [0.4, 0.5) is 0 Å². The molecule has 0 N–H and O–H groups in total. The molecule has 0 aliphatic heterocycles. The zero-order valence-corrected chi connectivity index (χ0v) is 7.89. The minimum absolute atomic E-state index is 0.122. The number of hydrogen-bond donors (Lipinski definition) is 0. The van der Waals surface area contributed by atoms with Crippen LogP contribution in [0.25, 0.3) is 0 Å². The second-order valence-corrected chi connectivity index (χ2v) is 2.96. The first kappa shape index (κ1) is 8.68. The highest BCUT2D eigenvalue weighted by Crippen LogP contribution is 2.13. The number of carbonyl (C=O) groups excluding carboxylic acids is 1. The molecule has 0 aliphatic carbocycles. The third-order valence-electron chi connectivity index (χ3n) is 2.05. The van der Waals surface area contributed by atoms with Crippen LogP contribution >= 0.6 is 0 Å².